The summed E-state index contributed by atoms with van der Waals surface area (Å²) in [5, 5.41) is 1.17. The molecule has 0 bridgehead atoms. The molecule has 0 aliphatic carbocycles. The van der Waals surface area contributed by atoms with Gasteiger partial charge in [0.15, 0.2) is 0 Å². The second kappa shape index (κ2) is 6.79. The molecule has 1 aromatic carbocycles. The van der Waals surface area contributed by atoms with Crippen LogP contribution in [0.4, 0.5) is 0 Å². The zero-order valence-electron chi connectivity index (χ0n) is 13.5. The maximum atomic E-state index is 12.4. The van der Waals surface area contributed by atoms with Crippen molar-refractivity contribution in [1.82, 2.24) is 4.57 Å². The Morgan fingerprint density at radius 3 is 2.67 bits per heavy atom. The predicted octanol–water partition coefficient (Wildman–Crippen LogP) is 4.32. The maximum Gasteiger partial charge on any atom is 0.313 e. The van der Waals surface area contributed by atoms with Gasteiger partial charge in [-0.3, -0.25) is 4.79 Å². The molecule has 0 amide bonds. The Balaban J connectivity index is 2.53. The molecule has 3 heteroatoms. The molecule has 1 atom stereocenters. The Bertz CT molecular complexity index is 627. The van der Waals surface area contributed by atoms with Gasteiger partial charge < -0.3 is 9.30 Å². The Kier molecular flexibility index (Phi) is 5.05. The highest BCUT2D eigenvalue weighted by molar-refractivity contribution is 5.91. The van der Waals surface area contributed by atoms with Crippen molar-refractivity contribution in [2.24, 2.45) is 7.05 Å². The fourth-order valence-electron chi connectivity index (χ4n) is 3.02. The summed E-state index contributed by atoms with van der Waals surface area (Å²) in [6.45, 7) is 6.54. The lowest BCUT2D eigenvalue weighted by atomic mass is 9.91. The molecule has 0 saturated carbocycles. The number of carbonyl (C=O) groups is 1. The van der Waals surface area contributed by atoms with Gasteiger partial charge in [-0.1, -0.05) is 38.0 Å². The first kappa shape index (κ1) is 15.6. The number of ether oxygens (including phenoxy) is 1. The minimum Gasteiger partial charge on any atom is -0.466 e. The van der Waals surface area contributed by atoms with Crippen molar-refractivity contribution in [1.29, 1.82) is 0 Å². The largest absolute Gasteiger partial charge is 0.466 e. The summed E-state index contributed by atoms with van der Waals surface area (Å²) < 4.78 is 7.49. The van der Waals surface area contributed by atoms with Gasteiger partial charge in [0.25, 0.3) is 0 Å². The van der Waals surface area contributed by atoms with Gasteiger partial charge in [0.1, 0.15) is 0 Å². The third kappa shape index (κ3) is 2.97. The van der Waals surface area contributed by atoms with Crippen LogP contribution >= 0.6 is 0 Å². The standard InChI is InChI=1S/C18H25NO2/c1-5-7-10-15(18(20)21-6-2)17-13(3)19(4)16-12-9-8-11-14(16)17/h8-9,11-12,15H,5-7,10H2,1-4H3/t15-/m1/s1. The number of fused-ring (bicyclic) bond motifs is 1. The van der Waals surface area contributed by atoms with Gasteiger partial charge >= 0.3 is 5.97 Å². The average Bonchev–Trinajstić information content (AvgIpc) is 2.73. The maximum absolute atomic E-state index is 12.4. The van der Waals surface area contributed by atoms with Crippen molar-refractivity contribution in [3.8, 4) is 0 Å². The molecule has 3 nitrogen and oxygen atoms in total. The highest BCUT2D eigenvalue weighted by Crippen LogP contribution is 2.34. The van der Waals surface area contributed by atoms with E-state index < -0.39 is 0 Å². The van der Waals surface area contributed by atoms with E-state index in [-0.39, 0.29) is 11.9 Å². The van der Waals surface area contributed by atoms with Gasteiger partial charge in [-0.15, -0.1) is 0 Å². The van der Waals surface area contributed by atoms with Crippen molar-refractivity contribution >= 4 is 16.9 Å². The molecular formula is C18H25NO2. The highest BCUT2D eigenvalue weighted by Gasteiger charge is 2.27. The van der Waals surface area contributed by atoms with Crippen LogP contribution in [0.5, 0.6) is 0 Å². The number of para-hydroxylation sites is 1. The van der Waals surface area contributed by atoms with Gasteiger partial charge in [0.05, 0.1) is 12.5 Å². The van der Waals surface area contributed by atoms with E-state index in [1.165, 1.54) is 10.9 Å². The summed E-state index contributed by atoms with van der Waals surface area (Å²) in [6.07, 6.45) is 2.97. The summed E-state index contributed by atoms with van der Waals surface area (Å²) in [6, 6.07) is 8.29. The number of carbonyl (C=O) groups excluding carboxylic acids is 1. The third-order valence-corrected chi connectivity index (χ3v) is 4.21. The van der Waals surface area contributed by atoms with Crippen molar-refractivity contribution < 1.29 is 9.53 Å². The van der Waals surface area contributed by atoms with E-state index in [2.05, 4.69) is 37.6 Å². The molecule has 0 saturated heterocycles. The van der Waals surface area contributed by atoms with E-state index in [0.29, 0.717) is 6.61 Å². The molecule has 2 rings (SSSR count). The number of benzene rings is 1. The molecule has 21 heavy (non-hydrogen) atoms. The number of aromatic nitrogens is 1. The fraction of sp³-hybridized carbons (Fsp3) is 0.500. The lowest BCUT2D eigenvalue weighted by molar-refractivity contribution is -0.145. The Labute approximate surface area is 126 Å². The topological polar surface area (TPSA) is 31.2 Å². The predicted molar refractivity (Wildman–Crippen MR) is 86.6 cm³/mol. The number of hydrogen-bond donors (Lipinski definition) is 0. The van der Waals surface area contributed by atoms with E-state index in [4.69, 9.17) is 4.74 Å². The molecule has 1 aromatic heterocycles. The number of unbranched alkanes of at least 4 members (excludes halogenated alkanes) is 1. The molecule has 0 aliphatic rings. The molecule has 0 unspecified atom stereocenters. The van der Waals surface area contributed by atoms with E-state index in [9.17, 15) is 4.79 Å². The van der Waals surface area contributed by atoms with Gasteiger partial charge in [-0.2, -0.15) is 0 Å². The molecule has 0 aliphatic heterocycles. The van der Waals surface area contributed by atoms with E-state index in [1.807, 2.05) is 19.1 Å². The molecule has 2 aromatic rings. The van der Waals surface area contributed by atoms with E-state index in [1.54, 1.807) is 0 Å². The summed E-state index contributed by atoms with van der Waals surface area (Å²) in [7, 11) is 2.06. The van der Waals surface area contributed by atoms with Gasteiger partial charge in [-0.05, 0) is 31.9 Å². The lowest BCUT2D eigenvalue weighted by Gasteiger charge is -2.16. The number of aryl methyl sites for hydroxylation is 1. The summed E-state index contributed by atoms with van der Waals surface area (Å²) in [4.78, 5) is 12.4. The molecule has 1 heterocycles. The van der Waals surface area contributed by atoms with Crippen LogP contribution in [0, 0.1) is 6.92 Å². The summed E-state index contributed by atoms with van der Waals surface area (Å²) in [5.74, 6) is -0.249. The molecule has 0 N–H and O–H groups in total. The number of rotatable bonds is 6. The smallest absolute Gasteiger partial charge is 0.313 e. The van der Waals surface area contributed by atoms with Crippen LogP contribution in [0.25, 0.3) is 10.9 Å². The first-order chi connectivity index (χ1) is 10.1. The van der Waals surface area contributed by atoms with Crippen molar-refractivity contribution in [2.75, 3.05) is 6.61 Å². The number of hydrogen-bond acceptors (Lipinski definition) is 2. The Morgan fingerprint density at radius 2 is 2.00 bits per heavy atom. The summed E-state index contributed by atoms with van der Waals surface area (Å²) >= 11 is 0. The van der Waals surface area contributed by atoms with Crippen LogP contribution in [0.2, 0.25) is 0 Å². The minimum atomic E-state index is -0.156. The average molecular weight is 287 g/mol. The van der Waals surface area contributed by atoms with Crippen molar-refractivity contribution in [2.45, 2.75) is 46.0 Å². The second-order valence-electron chi connectivity index (χ2n) is 5.52. The van der Waals surface area contributed by atoms with Crippen molar-refractivity contribution in [3.05, 3.63) is 35.5 Å². The normalized spacial score (nSPS) is 12.6. The van der Waals surface area contributed by atoms with Crippen LogP contribution in [0.3, 0.4) is 0 Å². The zero-order chi connectivity index (χ0) is 15.4. The monoisotopic (exact) mass is 287 g/mol. The molecule has 0 spiro atoms. The van der Waals surface area contributed by atoms with Crippen LogP contribution in [0.15, 0.2) is 24.3 Å². The minimum absolute atomic E-state index is 0.0922. The molecular weight excluding hydrogens is 262 g/mol. The van der Waals surface area contributed by atoms with Crippen molar-refractivity contribution in [3.63, 3.8) is 0 Å². The second-order valence-corrected chi connectivity index (χ2v) is 5.52. The zero-order valence-corrected chi connectivity index (χ0v) is 13.5. The highest BCUT2D eigenvalue weighted by atomic mass is 16.5. The third-order valence-electron chi connectivity index (χ3n) is 4.21. The summed E-state index contributed by atoms with van der Waals surface area (Å²) in [5.41, 5.74) is 3.47. The first-order valence-electron chi connectivity index (χ1n) is 7.82. The van der Waals surface area contributed by atoms with E-state index >= 15 is 0 Å². The lowest BCUT2D eigenvalue weighted by Crippen LogP contribution is -2.17. The molecule has 0 fully saturated rings. The van der Waals surface area contributed by atoms with Crippen LogP contribution in [0.1, 0.15) is 50.3 Å². The number of esters is 1. The Morgan fingerprint density at radius 1 is 1.29 bits per heavy atom. The first-order valence-corrected chi connectivity index (χ1v) is 7.82. The van der Waals surface area contributed by atoms with Crippen LogP contribution in [-0.4, -0.2) is 17.1 Å². The fourth-order valence-corrected chi connectivity index (χ4v) is 3.02. The van der Waals surface area contributed by atoms with Crippen LogP contribution < -0.4 is 0 Å². The Hall–Kier alpha value is -1.77. The molecule has 114 valence electrons. The van der Waals surface area contributed by atoms with Gasteiger partial charge in [0, 0.05) is 23.6 Å². The van der Waals surface area contributed by atoms with E-state index in [0.717, 1.165) is 30.5 Å². The van der Waals surface area contributed by atoms with Gasteiger partial charge in [-0.25, -0.2) is 0 Å². The number of nitrogens with zero attached hydrogens (tertiary/aromatic N) is 1. The van der Waals surface area contributed by atoms with Crippen LogP contribution in [-0.2, 0) is 16.6 Å². The molecule has 0 radical (unpaired) electrons. The quantitative estimate of drug-likeness (QED) is 0.741. The van der Waals surface area contributed by atoms with Gasteiger partial charge in [0.2, 0.25) is 0 Å². The SMILES string of the molecule is CCCC[C@@H](C(=O)OCC)c1c(C)n(C)c2ccccc12.